The Hall–Kier alpha value is -2.18. The van der Waals surface area contributed by atoms with Crippen LogP contribution in [0, 0.1) is 0 Å². The Morgan fingerprint density at radius 1 is 1.04 bits per heavy atom. The van der Waals surface area contributed by atoms with E-state index in [0.29, 0.717) is 6.54 Å². The molecule has 2 aromatic carbocycles. The summed E-state index contributed by atoms with van der Waals surface area (Å²) in [6, 6.07) is 15.2. The van der Waals surface area contributed by atoms with Crippen molar-refractivity contribution in [1.82, 2.24) is 4.90 Å². The molecular weight excluding hydrogens is 334 g/mol. The van der Waals surface area contributed by atoms with Gasteiger partial charge in [0.15, 0.2) is 0 Å². The number of benzene rings is 2. The molecule has 0 saturated carbocycles. The van der Waals surface area contributed by atoms with E-state index in [-0.39, 0.29) is 11.7 Å². The summed E-state index contributed by atoms with van der Waals surface area (Å²) in [6.07, 6.45) is 2.03. The minimum absolute atomic E-state index is 0.0231. The van der Waals surface area contributed by atoms with E-state index in [1.807, 2.05) is 42.7 Å². The average molecular weight is 357 g/mol. The van der Waals surface area contributed by atoms with Crippen LogP contribution in [0.5, 0.6) is 5.75 Å². The molecule has 0 atom stereocenters. The van der Waals surface area contributed by atoms with Gasteiger partial charge in [0.2, 0.25) is 5.91 Å². The molecule has 6 heteroatoms. The molecule has 1 aliphatic heterocycles. The van der Waals surface area contributed by atoms with Crippen molar-refractivity contribution in [3.8, 4) is 5.75 Å². The smallest absolute Gasteiger partial charge is 0.238 e. The maximum Gasteiger partial charge on any atom is 0.238 e. The monoisotopic (exact) mass is 357 g/mol. The fourth-order valence-electron chi connectivity index (χ4n) is 2.91. The Bertz CT molecular complexity index is 696. The highest BCUT2D eigenvalue weighted by Crippen LogP contribution is 2.20. The second-order valence-electron chi connectivity index (χ2n) is 6.06. The van der Waals surface area contributed by atoms with E-state index in [4.69, 9.17) is 0 Å². The minimum Gasteiger partial charge on any atom is -0.508 e. The number of phenolic OH excluding ortho intramolecular Hbond substituents is 1. The van der Waals surface area contributed by atoms with Gasteiger partial charge in [0.1, 0.15) is 5.75 Å². The Labute approximate surface area is 152 Å². The second kappa shape index (κ2) is 8.27. The summed E-state index contributed by atoms with van der Waals surface area (Å²) in [5.41, 5.74) is 1.95. The molecule has 0 aliphatic carbocycles. The van der Waals surface area contributed by atoms with E-state index in [9.17, 15) is 9.90 Å². The summed E-state index contributed by atoms with van der Waals surface area (Å²) in [7, 11) is 0. The molecular formula is C19H23N3O2S. The molecule has 1 heterocycles. The number of hydrogen-bond donors (Lipinski definition) is 2. The Kier molecular flexibility index (Phi) is 5.83. The number of phenols is 1. The fourth-order valence-corrected chi connectivity index (χ4v) is 3.31. The van der Waals surface area contributed by atoms with Gasteiger partial charge in [-0.3, -0.25) is 9.69 Å². The lowest BCUT2D eigenvalue weighted by Gasteiger charge is -2.35. The molecule has 0 aromatic heterocycles. The predicted octanol–water partition coefficient (Wildman–Crippen LogP) is 2.87. The molecule has 3 rings (SSSR count). The molecule has 1 fully saturated rings. The Morgan fingerprint density at radius 3 is 2.28 bits per heavy atom. The lowest BCUT2D eigenvalue weighted by atomic mass is 10.2. The predicted molar refractivity (Wildman–Crippen MR) is 104 cm³/mol. The van der Waals surface area contributed by atoms with Gasteiger partial charge in [-0.2, -0.15) is 0 Å². The van der Waals surface area contributed by atoms with E-state index >= 15 is 0 Å². The number of piperazine rings is 1. The van der Waals surface area contributed by atoms with Gasteiger partial charge in [0.05, 0.1) is 6.54 Å². The summed E-state index contributed by atoms with van der Waals surface area (Å²) in [5, 5.41) is 12.3. The van der Waals surface area contributed by atoms with E-state index < -0.39 is 0 Å². The molecule has 0 radical (unpaired) electrons. The third-order valence-electron chi connectivity index (χ3n) is 4.33. The second-order valence-corrected chi connectivity index (χ2v) is 6.94. The highest BCUT2D eigenvalue weighted by molar-refractivity contribution is 7.98. The lowest BCUT2D eigenvalue weighted by Crippen LogP contribution is -2.48. The molecule has 0 unspecified atom stereocenters. The first kappa shape index (κ1) is 17.6. The summed E-state index contributed by atoms with van der Waals surface area (Å²) < 4.78 is 0. The molecule has 1 amide bonds. The molecule has 2 aromatic rings. The first-order valence-electron chi connectivity index (χ1n) is 8.34. The van der Waals surface area contributed by atoms with E-state index in [2.05, 4.69) is 15.1 Å². The third-order valence-corrected chi connectivity index (χ3v) is 5.07. The van der Waals surface area contributed by atoms with Crippen molar-refractivity contribution in [3.63, 3.8) is 0 Å². The van der Waals surface area contributed by atoms with Crippen molar-refractivity contribution in [3.05, 3.63) is 48.5 Å². The van der Waals surface area contributed by atoms with Crippen molar-refractivity contribution >= 4 is 29.0 Å². The van der Waals surface area contributed by atoms with Crippen LogP contribution in [0.1, 0.15) is 0 Å². The van der Waals surface area contributed by atoms with Crippen molar-refractivity contribution in [2.45, 2.75) is 4.90 Å². The molecule has 132 valence electrons. The van der Waals surface area contributed by atoms with E-state index in [1.54, 1.807) is 23.9 Å². The number of amides is 1. The van der Waals surface area contributed by atoms with Crippen LogP contribution in [-0.4, -0.2) is 54.9 Å². The van der Waals surface area contributed by atoms with Crippen LogP contribution >= 0.6 is 11.8 Å². The van der Waals surface area contributed by atoms with Crippen LogP contribution in [0.15, 0.2) is 53.4 Å². The number of hydrogen-bond acceptors (Lipinski definition) is 5. The number of rotatable bonds is 5. The van der Waals surface area contributed by atoms with Gasteiger partial charge in [-0.1, -0.05) is 0 Å². The first-order valence-corrected chi connectivity index (χ1v) is 9.57. The maximum absolute atomic E-state index is 12.2. The van der Waals surface area contributed by atoms with Crippen LogP contribution in [0.2, 0.25) is 0 Å². The number of aromatic hydroxyl groups is 1. The van der Waals surface area contributed by atoms with E-state index in [0.717, 1.165) is 37.6 Å². The van der Waals surface area contributed by atoms with Gasteiger partial charge in [-0.15, -0.1) is 11.8 Å². The zero-order valence-corrected chi connectivity index (χ0v) is 15.1. The maximum atomic E-state index is 12.2. The third kappa shape index (κ3) is 4.90. The summed E-state index contributed by atoms with van der Waals surface area (Å²) in [4.78, 5) is 17.9. The van der Waals surface area contributed by atoms with Gasteiger partial charge in [0, 0.05) is 42.4 Å². The van der Waals surface area contributed by atoms with Crippen LogP contribution < -0.4 is 10.2 Å². The highest BCUT2D eigenvalue weighted by atomic mass is 32.2. The number of anilines is 2. The normalized spacial score (nSPS) is 15.2. The lowest BCUT2D eigenvalue weighted by molar-refractivity contribution is -0.117. The topological polar surface area (TPSA) is 55.8 Å². The van der Waals surface area contributed by atoms with Crippen LogP contribution in [0.25, 0.3) is 0 Å². The summed E-state index contributed by atoms with van der Waals surface area (Å²) >= 11 is 1.68. The molecule has 0 spiro atoms. The highest BCUT2D eigenvalue weighted by Gasteiger charge is 2.19. The van der Waals surface area contributed by atoms with Crippen LogP contribution in [0.4, 0.5) is 11.4 Å². The van der Waals surface area contributed by atoms with Gasteiger partial charge in [-0.25, -0.2) is 0 Å². The fraction of sp³-hybridized carbons (Fsp3) is 0.316. The average Bonchev–Trinajstić information content (AvgIpc) is 2.64. The quantitative estimate of drug-likeness (QED) is 0.806. The van der Waals surface area contributed by atoms with Crippen molar-refractivity contribution < 1.29 is 9.90 Å². The summed E-state index contributed by atoms with van der Waals surface area (Å²) in [5.74, 6) is 0.305. The molecule has 1 saturated heterocycles. The zero-order valence-electron chi connectivity index (χ0n) is 14.3. The van der Waals surface area contributed by atoms with Gasteiger partial charge < -0.3 is 15.3 Å². The van der Waals surface area contributed by atoms with Gasteiger partial charge in [-0.05, 0) is 54.8 Å². The number of nitrogens with one attached hydrogen (secondary N) is 1. The first-order chi connectivity index (χ1) is 12.1. The van der Waals surface area contributed by atoms with Gasteiger partial charge in [0.25, 0.3) is 0 Å². The number of carbonyl (C=O) groups is 1. The number of nitrogens with zero attached hydrogens (tertiary/aromatic N) is 2. The Balaban J connectivity index is 1.46. The largest absolute Gasteiger partial charge is 0.508 e. The van der Waals surface area contributed by atoms with Crippen molar-refractivity contribution in [2.24, 2.45) is 0 Å². The zero-order chi connectivity index (χ0) is 17.6. The van der Waals surface area contributed by atoms with E-state index in [1.165, 1.54) is 4.90 Å². The van der Waals surface area contributed by atoms with Crippen LogP contribution in [0.3, 0.4) is 0 Å². The number of thioether (sulfide) groups is 1. The van der Waals surface area contributed by atoms with Crippen LogP contribution in [-0.2, 0) is 4.79 Å². The molecule has 25 heavy (non-hydrogen) atoms. The molecule has 0 bridgehead atoms. The SMILES string of the molecule is CSc1ccc(NC(=O)CN2CCN(c3ccc(O)cc3)CC2)cc1. The molecule has 1 aliphatic rings. The summed E-state index contributed by atoms with van der Waals surface area (Å²) in [6.45, 7) is 3.86. The minimum atomic E-state index is 0.0231. The van der Waals surface area contributed by atoms with Crippen molar-refractivity contribution in [1.29, 1.82) is 0 Å². The Morgan fingerprint density at radius 2 is 1.68 bits per heavy atom. The molecule has 5 nitrogen and oxygen atoms in total. The number of carbonyl (C=O) groups excluding carboxylic acids is 1. The van der Waals surface area contributed by atoms with Gasteiger partial charge >= 0.3 is 0 Å². The van der Waals surface area contributed by atoms with Crippen molar-refractivity contribution in [2.75, 3.05) is 49.2 Å². The molecule has 2 N–H and O–H groups in total. The standard InChI is InChI=1S/C19H23N3O2S/c1-25-18-8-2-15(3-9-18)20-19(24)14-21-10-12-22(13-11-21)16-4-6-17(23)7-5-16/h2-9,23H,10-14H2,1H3,(H,20,24).